The molecule has 0 radical (unpaired) electrons. The number of halogens is 2. The van der Waals surface area contributed by atoms with Gasteiger partial charge in [0.05, 0.1) is 0 Å². The Kier molecular flexibility index (Phi) is 5.23. The summed E-state index contributed by atoms with van der Waals surface area (Å²) in [6, 6.07) is 0. The minimum atomic E-state index is -6.21. The average Bonchev–Trinajstić information content (AvgIpc) is 2.22. The molecule has 15 heavy (non-hydrogen) atoms. The Morgan fingerprint density at radius 3 is 1.27 bits per heavy atom. The van der Waals surface area contributed by atoms with Gasteiger partial charge in [0.15, 0.2) is 0 Å². The van der Waals surface area contributed by atoms with Gasteiger partial charge in [-0.3, -0.25) is 0 Å². The van der Waals surface area contributed by atoms with Gasteiger partial charge in [0.2, 0.25) is 0 Å². The van der Waals surface area contributed by atoms with Crippen LogP contribution in [0.4, 0.5) is 8.39 Å². The second-order valence-electron chi connectivity index (χ2n) is 2.13. The molecule has 0 aliphatic heterocycles. The van der Waals surface area contributed by atoms with Gasteiger partial charge in [-0.05, 0) is 0 Å². The fraction of sp³-hybridized carbons (Fsp3) is 0.333. The van der Waals surface area contributed by atoms with Crippen LogP contribution in [-0.2, 0) is 13.6 Å². The van der Waals surface area contributed by atoms with Crippen molar-refractivity contribution in [2.75, 3.05) is 19.8 Å². The minimum absolute atomic E-state index is 0.653. The summed E-state index contributed by atoms with van der Waals surface area (Å²) in [5.41, 5.74) is 0. The first kappa shape index (κ1) is 13.8. The summed E-state index contributed by atoms with van der Waals surface area (Å²) < 4.78 is 39.4. The van der Waals surface area contributed by atoms with E-state index in [0.29, 0.717) is 0 Å². The molecule has 0 heterocycles. The zero-order valence-corrected chi connectivity index (χ0v) is 8.68. The first-order valence-electron chi connectivity index (χ1n) is 3.68. The van der Waals surface area contributed by atoms with E-state index in [1.807, 2.05) is 17.8 Å². The van der Waals surface area contributed by atoms with Crippen LogP contribution >= 0.6 is 7.91 Å². The summed E-state index contributed by atoms with van der Waals surface area (Å²) >= 11 is 0. The van der Waals surface area contributed by atoms with E-state index >= 15 is 0 Å². The van der Waals surface area contributed by atoms with Crippen LogP contribution in [0.1, 0.15) is 0 Å². The Labute approximate surface area is 87.5 Å². The van der Waals surface area contributed by atoms with Crippen LogP contribution in [0.15, 0.2) is 0 Å². The average molecular weight is 234 g/mol. The van der Waals surface area contributed by atoms with Gasteiger partial charge in [0.1, 0.15) is 0 Å². The van der Waals surface area contributed by atoms with E-state index in [2.05, 4.69) is 13.6 Å². The molecule has 0 spiro atoms. The molecule has 0 unspecified atom stereocenters. The molecule has 0 rings (SSSR count). The van der Waals surface area contributed by atoms with E-state index in [1.165, 1.54) is 0 Å². The molecule has 0 saturated heterocycles. The van der Waals surface area contributed by atoms with Crippen molar-refractivity contribution in [3.63, 3.8) is 0 Å². The first-order valence-corrected chi connectivity index (χ1v) is 5.45. The summed E-state index contributed by atoms with van der Waals surface area (Å²) in [6.45, 7) is -1.96. The molecule has 0 saturated carbocycles. The molecule has 0 atom stereocenters. The number of terminal acetylenes is 3. The third kappa shape index (κ3) is 5.33. The fourth-order valence-electron chi connectivity index (χ4n) is 0.528. The Morgan fingerprint density at radius 1 is 0.800 bits per heavy atom. The number of hydrogen-bond acceptors (Lipinski definition) is 3. The van der Waals surface area contributed by atoms with Gasteiger partial charge < -0.3 is 0 Å². The number of rotatable bonds is 6. The monoisotopic (exact) mass is 234 g/mol. The van der Waals surface area contributed by atoms with Crippen LogP contribution in [0.2, 0.25) is 0 Å². The predicted molar refractivity (Wildman–Crippen MR) is 53.5 cm³/mol. The summed E-state index contributed by atoms with van der Waals surface area (Å²) in [5, 5.41) is 0. The van der Waals surface area contributed by atoms with Crippen LogP contribution in [0.3, 0.4) is 0 Å². The third-order valence-electron chi connectivity index (χ3n) is 1.05. The van der Waals surface area contributed by atoms with Crippen LogP contribution in [0.25, 0.3) is 0 Å². The van der Waals surface area contributed by atoms with Crippen molar-refractivity contribution in [3.8, 4) is 37.0 Å². The molecule has 0 amide bonds. The van der Waals surface area contributed by atoms with E-state index in [0.717, 1.165) is 0 Å². The SMILES string of the molecule is C#CCOP(F)(F)(OCC#C)OCC#C. The summed E-state index contributed by atoms with van der Waals surface area (Å²) in [6.07, 6.45) is 14.3. The Bertz CT molecular complexity index is 282. The molecule has 0 aromatic heterocycles. The molecule has 6 heteroatoms. The van der Waals surface area contributed by atoms with Crippen molar-refractivity contribution in [2.45, 2.75) is 0 Å². The predicted octanol–water partition coefficient (Wildman–Crippen LogP) is 2.00. The van der Waals surface area contributed by atoms with E-state index in [4.69, 9.17) is 19.3 Å². The van der Waals surface area contributed by atoms with Gasteiger partial charge in [-0.1, -0.05) is 0 Å². The molecular formula is C9H9F2O3P. The molecule has 0 aliphatic rings. The van der Waals surface area contributed by atoms with Crippen LogP contribution in [0, 0.1) is 37.0 Å². The maximum absolute atomic E-state index is 13.6. The van der Waals surface area contributed by atoms with Crippen molar-refractivity contribution >= 4 is 7.91 Å². The zero-order valence-electron chi connectivity index (χ0n) is 7.78. The Balaban J connectivity index is 4.59. The third-order valence-corrected chi connectivity index (χ3v) is 2.66. The van der Waals surface area contributed by atoms with Gasteiger partial charge in [-0.15, -0.1) is 0 Å². The van der Waals surface area contributed by atoms with Crippen molar-refractivity contribution < 1.29 is 22.0 Å². The Morgan fingerprint density at radius 2 is 1.07 bits per heavy atom. The summed E-state index contributed by atoms with van der Waals surface area (Å²) in [5.74, 6) is 5.61. The Hall–Kier alpha value is -1.15. The molecule has 0 aliphatic carbocycles. The normalized spacial score (nSPS) is 12.9. The maximum atomic E-state index is 13.6. The fourth-order valence-corrected chi connectivity index (χ4v) is 1.58. The standard InChI is InChI=1S/C9H9F2O3P/c1-4-7-12-15(10,11,13-8-5-2)14-9-6-3/h1-3H,7-9H2. The molecule has 0 aromatic carbocycles. The molecule has 3 nitrogen and oxygen atoms in total. The topological polar surface area (TPSA) is 27.7 Å². The molecule has 0 fully saturated rings. The second-order valence-corrected chi connectivity index (χ2v) is 4.31. The first-order chi connectivity index (χ1) is 6.96. The van der Waals surface area contributed by atoms with Gasteiger partial charge in [-0.25, -0.2) is 0 Å². The molecule has 82 valence electrons. The van der Waals surface area contributed by atoms with E-state index in [-0.39, 0.29) is 0 Å². The molecular weight excluding hydrogens is 225 g/mol. The van der Waals surface area contributed by atoms with E-state index in [9.17, 15) is 8.39 Å². The summed E-state index contributed by atoms with van der Waals surface area (Å²) in [4.78, 5) is 0. The van der Waals surface area contributed by atoms with Gasteiger partial charge >= 0.3 is 86.7 Å². The van der Waals surface area contributed by atoms with Crippen molar-refractivity contribution in [2.24, 2.45) is 0 Å². The summed E-state index contributed by atoms with van der Waals surface area (Å²) in [7, 11) is -6.21. The van der Waals surface area contributed by atoms with Gasteiger partial charge in [0.25, 0.3) is 0 Å². The molecule has 0 N–H and O–H groups in total. The zero-order chi connectivity index (χ0) is 11.8. The van der Waals surface area contributed by atoms with Gasteiger partial charge in [0, 0.05) is 0 Å². The number of hydrogen-bond donors (Lipinski definition) is 0. The molecule has 0 aromatic rings. The van der Waals surface area contributed by atoms with Crippen LogP contribution < -0.4 is 0 Å². The van der Waals surface area contributed by atoms with Crippen molar-refractivity contribution in [3.05, 3.63) is 0 Å². The second kappa shape index (κ2) is 5.66. The quantitative estimate of drug-likeness (QED) is 0.519. The van der Waals surface area contributed by atoms with Crippen LogP contribution in [0.5, 0.6) is 0 Å². The van der Waals surface area contributed by atoms with Gasteiger partial charge in [-0.2, -0.15) is 0 Å². The van der Waals surface area contributed by atoms with E-state index < -0.39 is 27.7 Å². The van der Waals surface area contributed by atoms with Crippen LogP contribution in [-0.4, -0.2) is 19.8 Å². The van der Waals surface area contributed by atoms with Crippen molar-refractivity contribution in [1.82, 2.24) is 0 Å². The van der Waals surface area contributed by atoms with E-state index in [1.54, 1.807) is 0 Å². The van der Waals surface area contributed by atoms with Crippen molar-refractivity contribution in [1.29, 1.82) is 0 Å². The molecule has 0 bridgehead atoms.